The summed E-state index contributed by atoms with van der Waals surface area (Å²) in [7, 11) is 0. The van der Waals surface area contributed by atoms with Crippen LogP contribution >= 0.6 is 11.6 Å². The van der Waals surface area contributed by atoms with E-state index in [2.05, 4.69) is 0 Å². The molecular weight excluding hydrogens is 318 g/mol. The van der Waals surface area contributed by atoms with Gasteiger partial charge in [0, 0.05) is 17.2 Å². The minimum atomic E-state index is 0.523. The minimum Gasteiger partial charge on any atom is -0.489 e. The van der Waals surface area contributed by atoms with Crippen LogP contribution in [-0.2, 0) is 13.0 Å². The van der Waals surface area contributed by atoms with Crippen molar-refractivity contribution in [1.82, 2.24) is 0 Å². The molecule has 120 valence electrons. The summed E-state index contributed by atoms with van der Waals surface area (Å²) in [4.78, 5) is 0. The van der Waals surface area contributed by atoms with Gasteiger partial charge >= 0.3 is 0 Å². The molecule has 0 bridgehead atoms. The van der Waals surface area contributed by atoms with Gasteiger partial charge in [0.05, 0.1) is 0 Å². The summed E-state index contributed by atoms with van der Waals surface area (Å²) in [6.07, 6.45) is 0.569. The SMILES string of the molecule is N=C(Cc1ccc(Cl)cc1)c1cccc(OCc2ccccc2)c1. The van der Waals surface area contributed by atoms with Crippen LogP contribution in [0.1, 0.15) is 16.7 Å². The largest absolute Gasteiger partial charge is 0.489 e. The third kappa shape index (κ3) is 4.46. The highest BCUT2D eigenvalue weighted by Gasteiger charge is 2.05. The number of ether oxygens (including phenoxy) is 1. The second-order valence-electron chi connectivity index (χ2n) is 5.58. The molecule has 0 saturated carbocycles. The van der Waals surface area contributed by atoms with Crippen LogP contribution in [0.4, 0.5) is 0 Å². The lowest BCUT2D eigenvalue weighted by Gasteiger charge is -2.09. The Bertz CT molecular complexity index is 813. The van der Waals surface area contributed by atoms with Crippen molar-refractivity contribution >= 4 is 17.3 Å². The smallest absolute Gasteiger partial charge is 0.120 e. The predicted molar refractivity (Wildman–Crippen MR) is 99.2 cm³/mol. The third-order valence-electron chi connectivity index (χ3n) is 3.72. The Kier molecular flexibility index (Phi) is 5.29. The van der Waals surface area contributed by atoms with Crippen molar-refractivity contribution in [2.45, 2.75) is 13.0 Å². The Morgan fingerprint density at radius 3 is 2.33 bits per heavy atom. The number of benzene rings is 3. The van der Waals surface area contributed by atoms with E-state index in [0.717, 1.165) is 22.4 Å². The average molecular weight is 336 g/mol. The molecule has 0 aliphatic heterocycles. The number of hydrogen-bond donors (Lipinski definition) is 1. The number of halogens is 1. The lowest BCUT2D eigenvalue weighted by Crippen LogP contribution is -2.04. The molecule has 0 atom stereocenters. The van der Waals surface area contributed by atoms with E-state index in [9.17, 15) is 0 Å². The van der Waals surface area contributed by atoms with Crippen molar-refractivity contribution in [1.29, 1.82) is 5.41 Å². The van der Waals surface area contributed by atoms with Gasteiger partial charge in [-0.1, -0.05) is 66.2 Å². The van der Waals surface area contributed by atoms with E-state index in [4.69, 9.17) is 21.7 Å². The molecule has 0 radical (unpaired) electrons. The average Bonchev–Trinajstić information content (AvgIpc) is 2.63. The van der Waals surface area contributed by atoms with E-state index in [1.807, 2.05) is 78.9 Å². The molecule has 1 N–H and O–H groups in total. The first kappa shape index (κ1) is 16.3. The van der Waals surface area contributed by atoms with Crippen molar-refractivity contribution < 1.29 is 4.74 Å². The molecule has 3 heteroatoms. The van der Waals surface area contributed by atoms with Crippen LogP contribution in [0, 0.1) is 5.41 Å². The van der Waals surface area contributed by atoms with E-state index in [0.29, 0.717) is 23.8 Å². The van der Waals surface area contributed by atoms with Crippen LogP contribution in [0.25, 0.3) is 0 Å². The maximum absolute atomic E-state index is 8.33. The normalized spacial score (nSPS) is 10.4. The minimum absolute atomic E-state index is 0.523. The molecule has 3 aromatic rings. The fourth-order valence-electron chi connectivity index (χ4n) is 2.42. The Morgan fingerprint density at radius 2 is 1.58 bits per heavy atom. The van der Waals surface area contributed by atoms with Gasteiger partial charge in [-0.3, -0.25) is 0 Å². The van der Waals surface area contributed by atoms with E-state index < -0.39 is 0 Å². The fourth-order valence-corrected chi connectivity index (χ4v) is 2.55. The zero-order chi connectivity index (χ0) is 16.8. The summed E-state index contributed by atoms with van der Waals surface area (Å²) in [5.41, 5.74) is 3.62. The summed E-state index contributed by atoms with van der Waals surface area (Å²) in [5.74, 6) is 0.775. The molecule has 0 aliphatic rings. The molecule has 2 nitrogen and oxygen atoms in total. The van der Waals surface area contributed by atoms with Crippen molar-refractivity contribution in [2.24, 2.45) is 0 Å². The Balaban J connectivity index is 1.65. The molecule has 24 heavy (non-hydrogen) atoms. The Hall–Kier alpha value is -2.58. The topological polar surface area (TPSA) is 33.1 Å². The number of rotatable bonds is 6. The van der Waals surface area contributed by atoms with Crippen LogP contribution in [0.2, 0.25) is 5.02 Å². The van der Waals surface area contributed by atoms with Gasteiger partial charge in [0.15, 0.2) is 0 Å². The van der Waals surface area contributed by atoms with E-state index in [1.54, 1.807) is 0 Å². The van der Waals surface area contributed by atoms with Gasteiger partial charge in [-0.25, -0.2) is 0 Å². The van der Waals surface area contributed by atoms with E-state index in [1.165, 1.54) is 0 Å². The van der Waals surface area contributed by atoms with Crippen molar-refractivity contribution in [3.05, 3.63) is 101 Å². The molecular formula is C21H18ClNO. The second-order valence-corrected chi connectivity index (χ2v) is 6.02. The zero-order valence-corrected chi connectivity index (χ0v) is 14.0. The molecule has 0 aromatic heterocycles. The van der Waals surface area contributed by atoms with Crippen molar-refractivity contribution in [2.75, 3.05) is 0 Å². The van der Waals surface area contributed by atoms with Crippen LogP contribution in [0.3, 0.4) is 0 Å². The van der Waals surface area contributed by atoms with E-state index >= 15 is 0 Å². The summed E-state index contributed by atoms with van der Waals surface area (Å²) in [6.45, 7) is 0.523. The maximum atomic E-state index is 8.33. The zero-order valence-electron chi connectivity index (χ0n) is 13.2. The van der Waals surface area contributed by atoms with Gasteiger partial charge in [0.25, 0.3) is 0 Å². The highest BCUT2D eigenvalue weighted by molar-refractivity contribution is 6.30. The Labute approximate surface area is 147 Å². The first-order chi connectivity index (χ1) is 11.7. The number of nitrogens with one attached hydrogen (secondary N) is 1. The van der Waals surface area contributed by atoms with Crippen LogP contribution in [-0.4, -0.2) is 5.71 Å². The molecule has 0 unspecified atom stereocenters. The molecule has 0 saturated heterocycles. The van der Waals surface area contributed by atoms with Crippen LogP contribution in [0.15, 0.2) is 78.9 Å². The summed E-state index contributed by atoms with van der Waals surface area (Å²) in [6, 6.07) is 25.4. The molecule has 0 amide bonds. The maximum Gasteiger partial charge on any atom is 0.120 e. The lowest BCUT2D eigenvalue weighted by molar-refractivity contribution is 0.306. The molecule has 3 rings (SSSR count). The fraction of sp³-hybridized carbons (Fsp3) is 0.0952. The van der Waals surface area contributed by atoms with Gasteiger partial charge in [-0.15, -0.1) is 0 Å². The first-order valence-electron chi connectivity index (χ1n) is 7.80. The van der Waals surface area contributed by atoms with E-state index in [-0.39, 0.29) is 0 Å². The predicted octanol–water partition coefficient (Wildman–Crippen LogP) is 5.53. The van der Waals surface area contributed by atoms with Gasteiger partial charge in [0.1, 0.15) is 12.4 Å². The monoisotopic (exact) mass is 335 g/mol. The molecule has 3 aromatic carbocycles. The number of hydrogen-bond acceptors (Lipinski definition) is 2. The lowest BCUT2D eigenvalue weighted by atomic mass is 10.0. The van der Waals surface area contributed by atoms with Gasteiger partial charge in [-0.05, 0) is 41.0 Å². The first-order valence-corrected chi connectivity index (χ1v) is 8.17. The van der Waals surface area contributed by atoms with Gasteiger partial charge < -0.3 is 10.1 Å². The molecule has 0 heterocycles. The summed E-state index contributed by atoms with van der Waals surface area (Å²) in [5, 5.41) is 9.04. The van der Waals surface area contributed by atoms with Crippen LogP contribution < -0.4 is 4.74 Å². The van der Waals surface area contributed by atoms with Crippen molar-refractivity contribution in [3.63, 3.8) is 0 Å². The summed E-state index contributed by atoms with van der Waals surface area (Å²) >= 11 is 5.90. The van der Waals surface area contributed by atoms with Crippen molar-refractivity contribution in [3.8, 4) is 5.75 Å². The standard InChI is InChI=1S/C21H18ClNO/c22-19-11-9-16(10-12-19)13-21(23)18-7-4-8-20(14-18)24-15-17-5-2-1-3-6-17/h1-12,14,23H,13,15H2. The molecule has 0 spiro atoms. The highest BCUT2D eigenvalue weighted by Crippen LogP contribution is 2.18. The molecule has 0 aliphatic carbocycles. The quantitative estimate of drug-likeness (QED) is 0.590. The molecule has 0 fully saturated rings. The van der Waals surface area contributed by atoms with Gasteiger partial charge in [-0.2, -0.15) is 0 Å². The van der Waals surface area contributed by atoms with Crippen LogP contribution in [0.5, 0.6) is 5.75 Å². The Morgan fingerprint density at radius 1 is 0.833 bits per heavy atom. The second kappa shape index (κ2) is 7.80. The summed E-state index contributed by atoms with van der Waals surface area (Å²) < 4.78 is 5.83. The third-order valence-corrected chi connectivity index (χ3v) is 3.98. The van der Waals surface area contributed by atoms with Gasteiger partial charge in [0.2, 0.25) is 0 Å². The highest BCUT2D eigenvalue weighted by atomic mass is 35.5.